The Hall–Kier alpha value is -3.08. The van der Waals surface area contributed by atoms with Gasteiger partial charge in [-0.2, -0.15) is 0 Å². The summed E-state index contributed by atoms with van der Waals surface area (Å²) in [5, 5.41) is 2.67. The van der Waals surface area contributed by atoms with Crippen LogP contribution in [0.3, 0.4) is 0 Å². The molecule has 0 atom stereocenters. The Morgan fingerprint density at radius 2 is 1.74 bits per heavy atom. The van der Waals surface area contributed by atoms with E-state index in [9.17, 15) is 9.18 Å². The van der Waals surface area contributed by atoms with Gasteiger partial charge in [-0.1, -0.05) is 48.5 Å². The third-order valence-corrected chi connectivity index (χ3v) is 3.26. The van der Waals surface area contributed by atoms with E-state index in [1.54, 1.807) is 30.5 Å². The SMILES string of the molecule is O=C(Cc1ccccc1F)Nc1ccnc(-c2ccccc2)n1. The quantitative estimate of drug-likeness (QED) is 0.803. The first-order valence-electron chi connectivity index (χ1n) is 7.14. The van der Waals surface area contributed by atoms with E-state index < -0.39 is 5.82 Å². The van der Waals surface area contributed by atoms with Gasteiger partial charge in [-0.05, 0) is 17.7 Å². The Balaban J connectivity index is 1.73. The lowest BCUT2D eigenvalue weighted by Crippen LogP contribution is -2.16. The smallest absolute Gasteiger partial charge is 0.230 e. The number of anilines is 1. The van der Waals surface area contributed by atoms with Crippen LogP contribution in [0.15, 0.2) is 66.9 Å². The average molecular weight is 307 g/mol. The van der Waals surface area contributed by atoms with Crippen LogP contribution in [0.2, 0.25) is 0 Å². The van der Waals surface area contributed by atoms with Crippen LogP contribution in [0.5, 0.6) is 0 Å². The number of hydrogen-bond acceptors (Lipinski definition) is 3. The molecule has 1 heterocycles. The molecule has 0 fully saturated rings. The minimum Gasteiger partial charge on any atom is -0.310 e. The molecular formula is C18H14FN3O. The van der Waals surface area contributed by atoms with E-state index in [1.807, 2.05) is 30.3 Å². The molecule has 0 aliphatic heterocycles. The molecule has 2 aromatic carbocycles. The summed E-state index contributed by atoms with van der Waals surface area (Å²) in [5.41, 5.74) is 1.21. The predicted octanol–water partition coefficient (Wildman–Crippen LogP) is 3.46. The van der Waals surface area contributed by atoms with E-state index in [4.69, 9.17) is 0 Å². The number of carbonyl (C=O) groups is 1. The van der Waals surface area contributed by atoms with Gasteiger partial charge in [0.05, 0.1) is 6.42 Å². The van der Waals surface area contributed by atoms with Crippen molar-refractivity contribution >= 4 is 11.7 Å². The minimum absolute atomic E-state index is 0.0443. The predicted molar refractivity (Wildman–Crippen MR) is 86.2 cm³/mol. The summed E-state index contributed by atoms with van der Waals surface area (Å²) in [6.45, 7) is 0. The van der Waals surface area contributed by atoms with Crippen LogP contribution in [0, 0.1) is 5.82 Å². The lowest BCUT2D eigenvalue weighted by Gasteiger charge is -2.07. The van der Waals surface area contributed by atoms with E-state index in [1.165, 1.54) is 6.07 Å². The van der Waals surface area contributed by atoms with Gasteiger partial charge in [0.15, 0.2) is 5.82 Å². The van der Waals surface area contributed by atoms with Gasteiger partial charge in [0, 0.05) is 11.8 Å². The molecule has 4 nitrogen and oxygen atoms in total. The normalized spacial score (nSPS) is 10.3. The summed E-state index contributed by atoms with van der Waals surface area (Å²) < 4.78 is 13.6. The van der Waals surface area contributed by atoms with Gasteiger partial charge in [-0.15, -0.1) is 0 Å². The van der Waals surface area contributed by atoms with Crippen molar-refractivity contribution in [3.8, 4) is 11.4 Å². The molecule has 1 N–H and O–H groups in total. The molecular weight excluding hydrogens is 293 g/mol. The number of carbonyl (C=O) groups excluding carboxylic acids is 1. The number of nitrogens with one attached hydrogen (secondary N) is 1. The van der Waals surface area contributed by atoms with Gasteiger partial charge in [0.25, 0.3) is 0 Å². The van der Waals surface area contributed by atoms with Gasteiger partial charge >= 0.3 is 0 Å². The number of nitrogens with zero attached hydrogens (tertiary/aromatic N) is 2. The summed E-state index contributed by atoms with van der Waals surface area (Å²) in [7, 11) is 0. The highest BCUT2D eigenvalue weighted by Gasteiger charge is 2.09. The van der Waals surface area contributed by atoms with E-state index in [0.29, 0.717) is 17.2 Å². The summed E-state index contributed by atoms with van der Waals surface area (Å²) in [6, 6.07) is 17.3. The number of benzene rings is 2. The number of amides is 1. The second kappa shape index (κ2) is 6.79. The molecule has 1 aromatic heterocycles. The monoisotopic (exact) mass is 307 g/mol. The Kier molecular flexibility index (Phi) is 4.38. The van der Waals surface area contributed by atoms with Crippen molar-refractivity contribution in [2.45, 2.75) is 6.42 Å². The maximum absolute atomic E-state index is 13.6. The standard InChI is InChI=1S/C18H14FN3O/c19-15-9-5-4-8-14(15)12-17(23)21-16-10-11-20-18(22-16)13-6-2-1-3-7-13/h1-11H,12H2,(H,20,21,22,23). The zero-order valence-electron chi connectivity index (χ0n) is 12.2. The van der Waals surface area contributed by atoms with Crippen molar-refractivity contribution in [3.05, 3.63) is 78.2 Å². The van der Waals surface area contributed by atoms with Gasteiger partial charge in [0.2, 0.25) is 5.91 Å². The molecule has 0 saturated carbocycles. The molecule has 0 bridgehead atoms. The van der Waals surface area contributed by atoms with Crippen molar-refractivity contribution in [1.29, 1.82) is 0 Å². The molecule has 1 amide bonds. The van der Waals surface area contributed by atoms with Crippen LogP contribution in [-0.4, -0.2) is 15.9 Å². The molecule has 114 valence electrons. The average Bonchev–Trinajstić information content (AvgIpc) is 2.58. The minimum atomic E-state index is -0.393. The Bertz CT molecular complexity index is 821. The molecule has 3 aromatic rings. The summed E-state index contributed by atoms with van der Waals surface area (Å²) >= 11 is 0. The highest BCUT2D eigenvalue weighted by atomic mass is 19.1. The van der Waals surface area contributed by atoms with Crippen molar-refractivity contribution in [3.63, 3.8) is 0 Å². The second-order valence-corrected chi connectivity index (χ2v) is 4.95. The summed E-state index contributed by atoms with van der Waals surface area (Å²) in [5.74, 6) is 0.192. The molecule has 23 heavy (non-hydrogen) atoms. The molecule has 5 heteroatoms. The van der Waals surface area contributed by atoms with Crippen molar-refractivity contribution in [1.82, 2.24) is 9.97 Å². The molecule has 0 spiro atoms. The van der Waals surface area contributed by atoms with Crippen LogP contribution < -0.4 is 5.32 Å². The maximum Gasteiger partial charge on any atom is 0.230 e. The molecule has 0 saturated heterocycles. The first kappa shape index (κ1) is 14.8. The fourth-order valence-electron chi connectivity index (χ4n) is 2.16. The van der Waals surface area contributed by atoms with E-state index in [2.05, 4.69) is 15.3 Å². The first-order chi connectivity index (χ1) is 11.2. The zero-order valence-corrected chi connectivity index (χ0v) is 12.2. The van der Waals surface area contributed by atoms with Gasteiger partial charge < -0.3 is 5.32 Å². The third kappa shape index (κ3) is 3.77. The Morgan fingerprint density at radius 3 is 2.52 bits per heavy atom. The fraction of sp³-hybridized carbons (Fsp3) is 0.0556. The molecule has 0 radical (unpaired) electrons. The lowest BCUT2D eigenvalue weighted by atomic mass is 10.1. The zero-order chi connectivity index (χ0) is 16.1. The van der Waals surface area contributed by atoms with Gasteiger partial charge in [-0.3, -0.25) is 4.79 Å². The Morgan fingerprint density at radius 1 is 1.00 bits per heavy atom. The van der Waals surface area contributed by atoms with Gasteiger partial charge in [0.1, 0.15) is 11.6 Å². The van der Waals surface area contributed by atoms with Crippen molar-refractivity contribution in [2.24, 2.45) is 0 Å². The van der Waals surface area contributed by atoms with E-state index in [-0.39, 0.29) is 12.3 Å². The molecule has 0 aliphatic rings. The largest absolute Gasteiger partial charge is 0.310 e. The van der Waals surface area contributed by atoms with Crippen LogP contribution in [-0.2, 0) is 11.2 Å². The number of hydrogen-bond donors (Lipinski definition) is 1. The molecule has 0 aliphatic carbocycles. The van der Waals surface area contributed by atoms with Crippen LogP contribution in [0.4, 0.5) is 10.2 Å². The van der Waals surface area contributed by atoms with Gasteiger partial charge in [-0.25, -0.2) is 14.4 Å². The topological polar surface area (TPSA) is 54.9 Å². The maximum atomic E-state index is 13.6. The van der Waals surface area contributed by atoms with Crippen LogP contribution >= 0.6 is 0 Å². The summed E-state index contributed by atoms with van der Waals surface area (Å²) in [4.78, 5) is 20.5. The number of aromatic nitrogens is 2. The van der Waals surface area contributed by atoms with Crippen LogP contribution in [0.25, 0.3) is 11.4 Å². The highest BCUT2D eigenvalue weighted by molar-refractivity contribution is 5.91. The second-order valence-electron chi connectivity index (χ2n) is 4.95. The summed E-state index contributed by atoms with van der Waals surface area (Å²) in [6.07, 6.45) is 1.53. The highest BCUT2D eigenvalue weighted by Crippen LogP contribution is 2.16. The number of rotatable bonds is 4. The van der Waals surface area contributed by atoms with E-state index in [0.717, 1.165) is 5.56 Å². The van der Waals surface area contributed by atoms with Crippen molar-refractivity contribution < 1.29 is 9.18 Å². The third-order valence-electron chi connectivity index (χ3n) is 3.26. The molecule has 0 unspecified atom stereocenters. The van der Waals surface area contributed by atoms with E-state index >= 15 is 0 Å². The number of halogens is 1. The lowest BCUT2D eigenvalue weighted by molar-refractivity contribution is -0.115. The fourth-order valence-corrected chi connectivity index (χ4v) is 2.16. The molecule has 3 rings (SSSR count). The van der Waals surface area contributed by atoms with Crippen molar-refractivity contribution in [2.75, 3.05) is 5.32 Å². The van der Waals surface area contributed by atoms with Crippen LogP contribution in [0.1, 0.15) is 5.56 Å². The Labute approximate surface area is 133 Å². The first-order valence-corrected chi connectivity index (χ1v) is 7.14.